The number of hydrogen-bond acceptors (Lipinski definition) is 4. The Hall–Kier alpha value is -2.54. The Kier molecular flexibility index (Phi) is 3.29. The van der Waals surface area contributed by atoms with E-state index in [9.17, 15) is 13.2 Å². The first-order valence-corrected chi connectivity index (χ1v) is 8.13. The number of sulfonamides is 1. The van der Waals surface area contributed by atoms with Crippen molar-refractivity contribution in [2.24, 2.45) is 0 Å². The van der Waals surface area contributed by atoms with Gasteiger partial charge in [0.15, 0.2) is 0 Å². The van der Waals surface area contributed by atoms with Crippen molar-refractivity contribution in [2.45, 2.75) is 11.3 Å². The fraction of sp³-hybridized carbons (Fsp3) is 0.133. The maximum absolute atomic E-state index is 12.3. The Bertz CT molecular complexity index is 845. The van der Waals surface area contributed by atoms with E-state index >= 15 is 0 Å². The van der Waals surface area contributed by atoms with Crippen LogP contribution in [0.15, 0.2) is 47.4 Å². The molecule has 1 amide bonds. The second-order valence-corrected chi connectivity index (χ2v) is 6.83. The number of carbonyl (C=O) groups excluding carboxylic acids is 1. The van der Waals surface area contributed by atoms with Crippen LogP contribution in [0, 0.1) is 0 Å². The monoisotopic (exact) mass is 317 g/mol. The molecule has 2 aromatic rings. The maximum Gasteiger partial charge on any atom is 0.261 e. The first kappa shape index (κ1) is 14.4. The number of amides is 1. The molecule has 0 spiro atoms. The number of nitrogens with zero attached hydrogens (tertiary/aromatic N) is 1. The Labute approximate surface area is 128 Å². The molecule has 3 N–H and O–H groups in total. The number of nitrogen functional groups attached to an aromatic ring is 1. The van der Waals surface area contributed by atoms with Crippen LogP contribution < -0.4 is 15.4 Å². The molecule has 114 valence electrons. The van der Waals surface area contributed by atoms with E-state index in [0.29, 0.717) is 11.4 Å². The molecule has 0 saturated carbocycles. The van der Waals surface area contributed by atoms with Gasteiger partial charge in [-0.25, -0.2) is 8.42 Å². The summed E-state index contributed by atoms with van der Waals surface area (Å²) in [7, 11) is -1.98. The van der Waals surface area contributed by atoms with Gasteiger partial charge in [-0.1, -0.05) is 0 Å². The smallest absolute Gasteiger partial charge is 0.261 e. The van der Waals surface area contributed by atoms with Crippen molar-refractivity contribution in [2.75, 3.05) is 22.4 Å². The molecular formula is C15H15N3O3S. The standard InChI is InChI=1S/C15H15N3O3S/c1-18-14-7-4-12(8-10(14)9-15(18)19)17-22(20,21)13-5-2-11(16)3-6-13/h2-8,17H,9,16H2,1H3. The highest BCUT2D eigenvalue weighted by Gasteiger charge is 2.24. The number of rotatable bonds is 3. The summed E-state index contributed by atoms with van der Waals surface area (Å²) < 4.78 is 27.1. The Morgan fingerprint density at radius 2 is 1.82 bits per heavy atom. The molecule has 3 rings (SSSR count). The lowest BCUT2D eigenvalue weighted by Crippen LogP contribution is -2.20. The highest BCUT2D eigenvalue weighted by Crippen LogP contribution is 2.30. The summed E-state index contributed by atoms with van der Waals surface area (Å²) in [6, 6.07) is 11.0. The van der Waals surface area contributed by atoms with Crippen molar-refractivity contribution in [1.82, 2.24) is 0 Å². The molecule has 1 heterocycles. The van der Waals surface area contributed by atoms with Gasteiger partial charge in [-0.15, -0.1) is 0 Å². The van der Waals surface area contributed by atoms with Crippen LogP contribution in [0.5, 0.6) is 0 Å². The number of hydrogen-bond donors (Lipinski definition) is 2. The molecule has 0 atom stereocenters. The lowest BCUT2D eigenvalue weighted by molar-refractivity contribution is -0.117. The van der Waals surface area contributed by atoms with Crippen molar-refractivity contribution in [1.29, 1.82) is 0 Å². The van der Waals surface area contributed by atoms with Crippen LogP contribution in [0.3, 0.4) is 0 Å². The molecule has 7 heteroatoms. The van der Waals surface area contributed by atoms with Crippen LogP contribution >= 0.6 is 0 Å². The number of carbonyl (C=O) groups is 1. The fourth-order valence-electron chi connectivity index (χ4n) is 2.39. The topological polar surface area (TPSA) is 92.5 Å². The zero-order chi connectivity index (χ0) is 15.9. The van der Waals surface area contributed by atoms with Gasteiger partial charge in [-0.2, -0.15) is 0 Å². The third-order valence-corrected chi connectivity index (χ3v) is 5.00. The second kappa shape index (κ2) is 5.03. The van der Waals surface area contributed by atoms with Gasteiger partial charge < -0.3 is 10.6 Å². The van der Waals surface area contributed by atoms with E-state index in [1.54, 1.807) is 30.1 Å². The van der Waals surface area contributed by atoms with Crippen LogP contribution in [-0.4, -0.2) is 21.4 Å². The summed E-state index contributed by atoms with van der Waals surface area (Å²) in [6.07, 6.45) is 0.281. The molecule has 0 radical (unpaired) electrons. The molecule has 0 aliphatic carbocycles. The summed E-state index contributed by atoms with van der Waals surface area (Å²) in [4.78, 5) is 13.4. The predicted molar refractivity (Wildman–Crippen MR) is 85.2 cm³/mol. The van der Waals surface area contributed by atoms with E-state index in [2.05, 4.69) is 4.72 Å². The molecule has 2 aromatic carbocycles. The van der Waals surface area contributed by atoms with E-state index in [0.717, 1.165) is 11.3 Å². The number of benzene rings is 2. The first-order chi connectivity index (χ1) is 10.4. The minimum Gasteiger partial charge on any atom is -0.399 e. The fourth-order valence-corrected chi connectivity index (χ4v) is 3.44. The van der Waals surface area contributed by atoms with Crippen molar-refractivity contribution >= 4 is 33.0 Å². The minimum absolute atomic E-state index is 0.00598. The molecule has 0 aromatic heterocycles. The molecule has 0 saturated heterocycles. The van der Waals surface area contributed by atoms with Gasteiger partial charge in [-0.3, -0.25) is 9.52 Å². The van der Waals surface area contributed by atoms with Crippen molar-refractivity contribution in [3.63, 3.8) is 0 Å². The number of likely N-dealkylation sites (N-methyl/N-ethyl adjacent to an activating group) is 1. The number of fused-ring (bicyclic) bond motifs is 1. The Morgan fingerprint density at radius 1 is 1.14 bits per heavy atom. The average Bonchev–Trinajstić information content (AvgIpc) is 2.73. The maximum atomic E-state index is 12.3. The Balaban J connectivity index is 1.89. The second-order valence-electron chi connectivity index (χ2n) is 5.15. The van der Waals surface area contributed by atoms with Gasteiger partial charge in [0.1, 0.15) is 0 Å². The Morgan fingerprint density at radius 3 is 2.50 bits per heavy atom. The molecular weight excluding hydrogens is 302 g/mol. The SMILES string of the molecule is CN1C(=O)Cc2cc(NS(=O)(=O)c3ccc(N)cc3)ccc21. The normalized spacial score (nSPS) is 14.0. The lowest BCUT2D eigenvalue weighted by atomic mass is 10.1. The van der Waals surface area contributed by atoms with Gasteiger partial charge >= 0.3 is 0 Å². The average molecular weight is 317 g/mol. The first-order valence-electron chi connectivity index (χ1n) is 6.65. The van der Waals surface area contributed by atoms with Gasteiger partial charge in [-0.05, 0) is 48.0 Å². The summed E-state index contributed by atoms with van der Waals surface area (Å²) in [5.74, 6) is -0.00598. The summed E-state index contributed by atoms with van der Waals surface area (Å²) in [6.45, 7) is 0. The zero-order valence-electron chi connectivity index (χ0n) is 11.9. The predicted octanol–water partition coefficient (Wildman–Crippen LogP) is 1.59. The van der Waals surface area contributed by atoms with E-state index in [-0.39, 0.29) is 17.2 Å². The molecule has 0 bridgehead atoms. The molecule has 0 unspecified atom stereocenters. The van der Waals surface area contributed by atoms with Gasteiger partial charge in [0.25, 0.3) is 10.0 Å². The van der Waals surface area contributed by atoms with Gasteiger partial charge in [0, 0.05) is 24.1 Å². The molecule has 22 heavy (non-hydrogen) atoms. The molecule has 6 nitrogen and oxygen atoms in total. The van der Waals surface area contributed by atoms with E-state index in [1.165, 1.54) is 24.3 Å². The summed E-state index contributed by atoms with van der Waals surface area (Å²) >= 11 is 0. The third-order valence-electron chi connectivity index (χ3n) is 3.60. The quantitative estimate of drug-likeness (QED) is 0.841. The third kappa shape index (κ3) is 2.50. The van der Waals surface area contributed by atoms with Crippen molar-refractivity contribution in [3.05, 3.63) is 48.0 Å². The summed E-state index contributed by atoms with van der Waals surface area (Å²) in [5, 5.41) is 0. The van der Waals surface area contributed by atoms with Crippen molar-refractivity contribution < 1.29 is 13.2 Å². The van der Waals surface area contributed by atoms with Crippen LogP contribution in [0.25, 0.3) is 0 Å². The van der Waals surface area contributed by atoms with E-state index in [4.69, 9.17) is 5.73 Å². The number of nitrogens with two attached hydrogens (primary N) is 1. The van der Waals surface area contributed by atoms with Crippen LogP contribution in [0.1, 0.15) is 5.56 Å². The molecule has 1 aliphatic rings. The summed E-state index contributed by atoms with van der Waals surface area (Å²) in [5.41, 5.74) is 8.10. The highest BCUT2D eigenvalue weighted by atomic mass is 32.2. The zero-order valence-corrected chi connectivity index (χ0v) is 12.7. The lowest BCUT2D eigenvalue weighted by Gasteiger charge is -2.12. The van der Waals surface area contributed by atoms with Gasteiger partial charge in [0.2, 0.25) is 5.91 Å². The minimum atomic E-state index is -3.68. The van der Waals surface area contributed by atoms with Crippen LogP contribution in [-0.2, 0) is 21.2 Å². The number of anilines is 3. The highest BCUT2D eigenvalue weighted by molar-refractivity contribution is 7.92. The van der Waals surface area contributed by atoms with Crippen LogP contribution in [0.4, 0.5) is 17.1 Å². The van der Waals surface area contributed by atoms with Crippen LogP contribution in [0.2, 0.25) is 0 Å². The van der Waals surface area contributed by atoms with E-state index < -0.39 is 10.0 Å². The number of nitrogens with one attached hydrogen (secondary N) is 1. The molecule has 1 aliphatic heterocycles. The van der Waals surface area contributed by atoms with Gasteiger partial charge in [0.05, 0.1) is 11.3 Å². The van der Waals surface area contributed by atoms with Crippen molar-refractivity contribution in [3.8, 4) is 0 Å². The largest absolute Gasteiger partial charge is 0.399 e. The van der Waals surface area contributed by atoms with E-state index in [1.807, 2.05) is 0 Å². The molecule has 0 fully saturated rings.